The van der Waals surface area contributed by atoms with Crippen LogP contribution < -0.4 is 14.2 Å². The van der Waals surface area contributed by atoms with Gasteiger partial charge in [-0.15, -0.1) is 0 Å². The standard InChI is InChI=1S/C30H36O9/c1-5-6-7-8-9-10-11-12-15-37-26-23(20(28(33)34)17(2)21-27(26)39-30(21)36-4)24(32)22-18(16-31)13-14-19-25(22)38-29(19)35-3/h13-14,16,29-30H,5-12,15H2,1-4H3,(H,33,34). The molecule has 2 aromatic carbocycles. The number of hydrogen-bond donors (Lipinski definition) is 1. The van der Waals surface area contributed by atoms with Gasteiger partial charge in [-0.1, -0.05) is 57.9 Å². The lowest BCUT2D eigenvalue weighted by atomic mass is 9.85. The van der Waals surface area contributed by atoms with Gasteiger partial charge in [0.2, 0.25) is 18.4 Å². The van der Waals surface area contributed by atoms with Gasteiger partial charge in [-0.3, -0.25) is 9.59 Å². The Balaban J connectivity index is 1.69. The van der Waals surface area contributed by atoms with E-state index in [1.165, 1.54) is 46.0 Å². The third-order valence-electron chi connectivity index (χ3n) is 7.33. The number of methoxy groups -OCH3 is 2. The molecule has 0 aliphatic carbocycles. The van der Waals surface area contributed by atoms with Gasteiger partial charge in [-0.25, -0.2) is 4.79 Å². The molecule has 2 atom stereocenters. The number of carbonyl (C=O) groups excluding carboxylic acids is 2. The van der Waals surface area contributed by atoms with Gasteiger partial charge >= 0.3 is 5.97 Å². The zero-order valence-electron chi connectivity index (χ0n) is 23.0. The normalized spacial score (nSPS) is 16.6. The number of unbranched alkanes of at least 4 members (excludes halogenated alkanes) is 7. The molecule has 0 spiro atoms. The summed E-state index contributed by atoms with van der Waals surface area (Å²) in [5.74, 6) is -1.47. The van der Waals surface area contributed by atoms with Crippen LogP contribution >= 0.6 is 0 Å². The van der Waals surface area contributed by atoms with Gasteiger partial charge in [0.05, 0.1) is 34.4 Å². The van der Waals surface area contributed by atoms with Gasteiger partial charge < -0.3 is 28.8 Å². The van der Waals surface area contributed by atoms with E-state index in [0.717, 1.165) is 25.7 Å². The van der Waals surface area contributed by atoms with E-state index in [9.17, 15) is 19.5 Å². The molecule has 0 saturated carbocycles. The Hall–Kier alpha value is -3.43. The van der Waals surface area contributed by atoms with Gasteiger partial charge in [0.15, 0.2) is 17.8 Å². The van der Waals surface area contributed by atoms with Crippen molar-refractivity contribution < 1.29 is 43.2 Å². The lowest BCUT2D eigenvalue weighted by molar-refractivity contribution is -0.0934. The van der Waals surface area contributed by atoms with Crippen molar-refractivity contribution in [3.05, 3.63) is 51.1 Å². The number of benzene rings is 2. The predicted molar refractivity (Wildman–Crippen MR) is 142 cm³/mol. The minimum atomic E-state index is -1.30. The Labute approximate surface area is 228 Å². The molecule has 0 fully saturated rings. The molecule has 0 amide bonds. The van der Waals surface area contributed by atoms with Gasteiger partial charge in [0, 0.05) is 19.8 Å². The monoisotopic (exact) mass is 540 g/mol. The van der Waals surface area contributed by atoms with Crippen LogP contribution in [0, 0.1) is 6.92 Å². The second-order valence-electron chi connectivity index (χ2n) is 9.84. The number of aldehydes is 1. The Bertz CT molecular complexity index is 1250. The highest BCUT2D eigenvalue weighted by molar-refractivity contribution is 6.21. The smallest absolute Gasteiger partial charge is 0.336 e. The van der Waals surface area contributed by atoms with Crippen LogP contribution in [0.2, 0.25) is 0 Å². The number of carboxylic acids is 1. The minimum absolute atomic E-state index is 0.0304. The van der Waals surface area contributed by atoms with Crippen molar-refractivity contribution in [3.8, 4) is 17.2 Å². The molecule has 0 radical (unpaired) electrons. The highest BCUT2D eigenvalue weighted by atomic mass is 16.7. The van der Waals surface area contributed by atoms with E-state index in [0.29, 0.717) is 23.0 Å². The summed E-state index contributed by atoms with van der Waals surface area (Å²) < 4.78 is 28.1. The second kappa shape index (κ2) is 12.6. The van der Waals surface area contributed by atoms with Gasteiger partial charge in [0.25, 0.3) is 0 Å². The molecule has 2 aliphatic rings. The number of rotatable bonds is 16. The number of ketones is 1. The van der Waals surface area contributed by atoms with Crippen LogP contribution in [0.3, 0.4) is 0 Å². The molecule has 2 heterocycles. The largest absolute Gasteiger partial charge is 0.489 e. The summed E-state index contributed by atoms with van der Waals surface area (Å²) in [5.41, 5.74) is 1.13. The molecule has 2 aliphatic heterocycles. The van der Waals surface area contributed by atoms with E-state index >= 15 is 0 Å². The average molecular weight is 541 g/mol. The lowest BCUT2D eigenvalue weighted by Gasteiger charge is -2.35. The summed E-state index contributed by atoms with van der Waals surface area (Å²) >= 11 is 0. The maximum atomic E-state index is 14.1. The number of fused-ring (bicyclic) bond motifs is 2. The maximum absolute atomic E-state index is 14.1. The van der Waals surface area contributed by atoms with E-state index in [1.807, 2.05) is 0 Å². The number of carbonyl (C=O) groups is 3. The molecule has 9 nitrogen and oxygen atoms in total. The quantitative estimate of drug-likeness (QED) is 0.148. The van der Waals surface area contributed by atoms with Gasteiger partial charge in [-0.2, -0.15) is 0 Å². The van der Waals surface area contributed by atoms with Crippen LogP contribution in [-0.2, 0) is 9.47 Å². The highest BCUT2D eigenvalue weighted by Gasteiger charge is 2.43. The fourth-order valence-corrected chi connectivity index (χ4v) is 5.22. The van der Waals surface area contributed by atoms with Crippen molar-refractivity contribution in [2.45, 2.75) is 77.8 Å². The predicted octanol–water partition coefficient (Wildman–Crippen LogP) is 6.33. The van der Waals surface area contributed by atoms with Gasteiger partial charge in [0.1, 0.15) is 5.75 Å². The summed E-state index contributed by atoms with van der Waals surface area (Å²) in [4.78, 5) is 38.6. The fourth-order valence-electron chi connectivity index (χ4n) is 5.22. The number of ether oxygens (including phenoxy) is 5. The number of hydrogen-bond acceptors (Lipinski definition) is 8. The molecule has 0 saturated heterocycles. The fraction of sp³-hybridized carbons (Fsp3) is 0.500. The van der Waals surface area contributed by atoms with Crippen molar-refractivity contribution in [1.82, 2.24) is 0 Å². The van der Waals surface area contributed by atoms with Crippen LogP contribution in [-0.4, -0.2) is 44.0 Å². The molecule has 210 valence electrons. The number of aromatic carboxylic acids is 1. The number of carboxylic acid groups (broad SMARTS) is 1. The van der Waals surface area contributed by atoms with Gasteiger partial charge in [-0.05, 0) is 25.0 Å². The molecule has 39 heavy (non-hydrogen) atoms. The zero-order valence-corrected chi connectivity index (χ0v) is 23.0. The highest BCUT2D eigenvalue weighted by Crippen LogP contribution is 2.53. The van der Waals surface area contributed by atoms with E-state index in [1.54, 1.807) is 13.0 Å². The van der Waals surface area contributed by atoms with Crippen LogP contribution in [0.25, 0.3) is 0 Å². The van der Waals surface area contributed by atoms with Crippen molar-refractivity contribution >= 4 is 18.0 Å². The van der Waals surface area contributed by atoms with E-state index in [4.69, 9.17) is 23.7 Å². The topological polar surface area (TPSA) is 118 Å². The molecule has 0 aromatic heterocycles. The maximum Gasteiger partial charge on any atom is 0.336 e. The summed E-state index contributed by atoms with van der Waals surface area (Å²) in [6, 6.07) is 3.15. The molecule has 0 bridgehead atoms. The second-order valence-corrected chi connectivity index (χ2v) is 9.84. The van der Waals surface area contributed by atoms with Crippen LogP contribution in [0.1, 0.15) is 124 Å². The summed E-state index contributed by atoms with van der Waals surface area (Å²) in [6.07, 6.45) is 7.93. The Morgan fingerprint density at radius 1 is 0.897 bits per heavy atom. The first kappa shape index (κ1) is 28.6. The van der Waals surface area contributed by atoms with Crippen molar-refractivity contribution in [1.29, 1.82) is 0 Å². The van der Waals surface area contributed by atoms with E-state index in [2.05, 4.69) is 6.92 Å². The summed E-state index contributed by atoms with van der Waals surface area (Å²) in [7, 11) is 2.92. The van der Waals surface area contributed by atoms with E-state index < -0.39 is 24.3 Å². The third-order valence-corrected chi connectivity index (χ3v) is 7.33. The van der Waals surface area contributed by atoms with Crippen LogP contribution in [0.5, 0.6) is 17.2 Å². The Morgan fingerprint density at radius 2 is 1.54 bits per heavy atom. The molecule has 9 heteroatoms. The summed E-state index contributed by atoms with van der Waals surface area (Å²) in [5, 5.41) is 10.2. The third kappa shape index (κ3) is 5.38. The molecule has 4 rings (SSSR count). The van der Waals surface area contributed by atoms with Crippen LogP contribution in [0.4, 0.5) is 0 Å². The lowest BCUT2D eigenvalue weighted by Crippen LogP contribution is -2.29. The Kier molecular flexibility index (Phi) is 9.24. The summed E-state index contributed by atoms with van der Waals surface area (Å²) in [6.45, 7) is 4.08. The minimum Gasteiger partial charge on any atom is -0.489 e. The van der Waals surface area contributed by atoms with Crippen molar-refractivity contribution in [3.63, 3.8) is 0 Å². The first-order valence-corrected chi connectivity index (χ1v) is 13.5. The van der Waals surface area contributed by atoms with Crippen LogP contribution in [0.15, 0.2) is 12.1 Å². The first-order valence-electron chi connectivity index (χ1n) is 13.5. The molecular weight excluding hydrogens is 504 g/mol. The SMILES string of the molecule is CCCCCCCCCCOc1c2c(c(C)c(C(=O)O)c1C(=O)c1c(C=O)ccc3c1OC3OC)C(OC)O2. The molecular formula is C30H36O9. The van der Waals surface area contributed by atoms with Crippen molar-refractivity contribution in [2.24, 2.45) is 0 Å². The van der Waals surface area contributed by atoms with Crippen molar-refractivity contribution in [2.75, 3.05) is 20.8 Å². The average Bonchev–Trinajstić information content (AvgIpc) is 2.88. The zero-order chi connectivity index (χ0) is 28.1. The Morgan fingerprint density at radius 3 is 2.15 bits per heavy atom. The first-order chi connectivity index (χ1) is 18.9. The molecule has 2 unspecified atom stereocenters. The molecule has 1 N–H and O–H groups in total. The molecule has 2 aromatic rings. The van der Waals surface area contributed by atoms with E-state index in [-0.39, 0.29) is 46.1 Å².